The number of carboxylic acid groups (broad SMARTS) is 1. The van der Waals surface area contributed by atoms with Gasteiger partial charge in [-0.1, -0.05) is 13.0 Å². The summed E-state index contributed by atoms with van der Waals surface area (Å²) in [6.07, 6.45) is 1.00. The Morgan fingerprint density at radius 1 is 1.32 bits per heavy atom. The minimum Gasteiger partial charge on any atom is -0.478 e. The number of rotatable bonds is 7. The number of para-hydroxylation sites is 1. The fourth-order valence-electron chi connectivity index (χ4n) is 1.54. The Morgan fingerprint density at radius 2 is 2.05 bits per heavy atom. The van der Waals surface area contributed by atoms with Crippen LogP contribution in [-0.4, -0.2) is 30.1 Å². The lowest BCUT2D eigenvalue weighted by atomic mass is 10.1. The molecule has 0 unspecified atom stereocenters. The van der Waals surface area contributed by atoms with Crippen LogP contribution in [0.15, 0.2) is 18.2 Å². The van der Waals surface area contributed by atoms with E-state index in [2.05, 4.69) is 10.6 Å². The lowest BCUT2D eigenvalue weighted by Crippen LogP contribution is -2.26. The van der Waals surface area contributed by atoms with Gasteiger partial charge in [-0.3, -0.25) is 4.79 Å². The van der Waals surface area contributed by atoms with Crippen molar-refractivity contribution in [3.05, 3.63) is 29.6 Å². The van der Waals surface area contributed by atoms with E-state index in [9.17, 15) is 14.0 Å². The molecule has 104 valence electrons. The number of benzene rings is 1. The minimum atomic E-state index is -1.21. The Labute approximate surface area is 110 Å². The maximum atomic E-state index is 13.5. The van der Waals surface area contributed by atoms with Gasteiger partial charge in [0.25, 0.3) is 0 Å². The van der Waals surface area contributed by atoms with Gasteiger partial charge in [-0.15, -0.1) is 0 Å². The summed E-state index contributed by atoms with van der Waals surface area (Å²) in [7, 11) is 0. The van der Waals surface area contributed by atoms with Crippen LogP contribution in [0.25, 0.3) is 0 Å². The summed E-state index contributed by atoms with van der Waals surface area (Å²) in [5, 5.41) is 14.3. The van der Waals surface area contributed by atoms with Gasteiger partial charge in [0, 0.05) is 19.5 Å². The molecule has 0 saturated carbocycles. The molecule has 19 heavy (non-hydrogen) atoms. The standard InChI is InChI=1S/C13H17FN2O3/c1-2-7-15-11(17)6-8-16-12-9(13(18)19)4-3-5-10(12)14/h3-5,16H,2,6-8H2,1H3,(H,15,17)(H,18,19). The molecular weight excluding hydrogens is 251 g/mol. The van der Waals surface area contributed by atoms with Crippen LogP contribution in [0.5, 0.6) is 0 Å². The maximum absolute atomic E-state index is 13.5. The molecule has 0 atom stereocenters. The van der Waals surface area contributed by atoms with Gasteiger partial charge in [0.1, 0.15) is 5.82 Å². The highest BCUT2D eigenvalue weighted by molar-refractivity contribution is 5.94. The maximum Gasteiger partial charge on any atom is 0.337 e. The first-order valence-electron chi connectivity index (χ1n) is 6.08. The average Bonchev–Trinajstić information content (AvgIpc) is 2.37. The number of carbonyl (C=O) groups excluding carboxylic acids is 1. The van der Waals surface area contributed by atoms with Crippen LogP contribution in [-0.2, 0) is 4.79 Å². The van der Waals surface area contributed by atoms with E-state index in [0.29, 0.717) is 6.54 Å². The van der Waals surface area contributed by atoms with E-state index >= 15 is 0 Å². The van der Waals surface area contributed by atoms with Crippen molar-refractivity contribution < 1.29 is 19.1 Å². The Morgan fingerprint density at radius 3 is 2.68 bits per heavy atom. The first-order valence-corrected chi connectivity index (χ1v) is 6.08. The van der Waals surface area contributed by atoms with Crippen LogP contribution < -0.4 is 10.6 Å². The summed E-state index contributed by atoms with van der Waals surface area (Å²) >= 11 is 0. The molecular formula is C13H17FN2O3. The van der Waals surface area contributed by atoms with Crippen molar-refractivity contribution in [2.75, 3.05) is 18.4 Å². The second-order valence-corrected chi connectivity index (χ2v) is 3.99. The molecule has 0 fully saturated rings. The highest BCUT2D eigenvalue weighted by Crippen LogP contribution is 2.19. The zero-order valence-corrected chi connectivity index (χ0v) is 10.7. The lowest BCUT2D eigenvalue weighted by Gasteiger charge is -2.10. The van der Waals surface area contributed by atoms with Crippen molar-refractivity contribution in [2.24, 2.45) is 0 Å². The third kappa shape index (κ3) is 4.57. The fourth-order valence-corrected chi connectivity index (χ4v) is 1.54. The third-order valence-electron chi connectivity index (χ3n) is 2.47. The smallest absolute Gasteiger partial charge is 0.337 e. The number of hydrogen-bond acceptors (Lipinski definition) is 3. The van der Waals surface area contributed by atoms with Gasteiger partial charge >= 0.3 is 5.97 Å². The van der Waals surface area contributed by atoms with Crippen LogP contribution in [0.3, 0.4) is 0 Å². The second-order valence-electron chi connectivity index (χ2n) is 3.99. The van der Waals surface area contributed by atoms with Gasteiger partial charge in [-0.25, -0.2) is 9.18 Å². The molecule has 0 aliphatic carbocycles. The number of nitrogens with one attached hydrogen (secondary N) is 2. The molecule has 0 heterocycles. The molecule has 3 N–H and O–H groups in total. The van der Waals surface area contributed by atoms with E-state index in [1.165, 1.54) is 18.2 Å². The Hall–Kier alpha value is -2.11. The van der Waals surface area contributed by atoms with Crippen LogP contribution in [0, 0.1) is 5.82 Å². The van der Waals surface area contributed by atoms with E-state index in [1.54, 1.807) is 0 Å². The van der Waals surface area contributed by atoms with E-state index < -0.39 is 11.8 Å². The van der Waals surface area contributed by atoms with Crippen LogP contribution >= 0.6 is 0 Å². The monoisotopic (exact) mass is 268 g/mol. The summed E-state index contributed by atoms with van der Waals surface area (Å²) in [6, 6.07) is 3.81. The SMILES string of the molecule is CCCNC(=O)CCNc1c(F)cccc1C(=O)O. The zero-order chi connectivity index (χ0) is 14.3. The third-order valence-corrected chi connectivity index (χ3v) is 2.47. The highest BCUT2D eigenvalue weighted by atomic mass is 19.1. The van der Waals surface area contributed by atoms with Crippen molar-refractivity contribution in [3.8, 4) is 0 Å². The van der Waals surface area contributed by atoms with E-state index in [-0.39, 0.29) is 30.1 Å². The zero-order valence-electron chi connectivity index (χ0n) is 10.7. The molecule has 0 aliphatic heterocycles. The summed E-state index contributed by atoms with van der Waals surface area (Å²) in [5.74, 6) is -2.01. The molecule has 1 amide bonds. The largest absolute Gasteiger partial charge is 0.478 e. The number of amides is 1. The molecule has 0 radical (unpaired) electrons. The lowest BCUT2D eigenvalue weighted by molar-refractivity contribution is -0.120. The Balaban J connectivity index is 2.58. The van der Waals surface area contributed by atoms with Gasteiger partial charge in [-0.05, 0) is 18.6 Å². The Bertz CT molecular complexity index is 463. The van der Waals surface area contributed by atoms with Gasteiger partial charge in [0.15, 0.2) is 0 Å². The normalized spacial score (nSPS) is 10.0. The molecule has 5 nitrogen and oxygen atoms in total. The van der Waals surface area contributed by atoms with Crippen molar-refractivity contribution in [3.63, 3.8) is 0 Å². The van der Waals surface area contributed by atoms with E-state index in [4.69, 9.17) is 5.11 Å². The first-order chi connectivity index (χ1) is 9.06. The van der Waals surface area contributed by atoms with Gasteiger partial charge < -0.3 is 15.7 Å². The van der Waals surface area contributed by atoms with Gasteiger partial charge in [0.05, 0.1) is 11.3 Å². The van der Waals surface area contributed by atoms with E-state index in [0.717, 1.165) is 6.42 Å². The van der Waals surface area contributed by atoms with Gasteiger partial charge in [-0.2, -0.15) is 0 Å². The molecule has 1 aromatic rings. The van der Waals surface area contributed by atoms with Crippen molar-refractivity contribution in [2.45, 2.75) is 19.8 Å². The summed E-state index contributed by atoms with van der Waals surface area (Å²) in [6.45, 7) is 2.71. The van der Waals surface area contributed by atoms with Crippen LogP contribution in [0.1, 0.15) is 30.1 Å². The number of anilines is 1. The van der Waals surface area contributed by atoms with Crippen LogP contribution in [0.4, 0.5) is 10.1 Å². The quantitative estimate of drug-likeness (QED) is 0.705. The molecule has 0 bridgehead atoms. The summed E-state index contributed by atoms with van der Waals surface area (Å²) in [5.41, 5.74) is -0.229. The van der Waals surface area contributed by atoms with Crippen molar-refractivity contribution >= 4 is 17.6 Å². The predicted molar refractivity (Wildman–Crippen MR) is 69.8 cm³/mol. The van der Waals surface area contributed by atoms with E-state index in [1.807, 2.05) is 6.92 Å². The molecule has 0 aromatic heterocycles. The molecule has 0 saturated heterocycles. The fraction of sp³-hybridized carbons (Fsp3) is 0.385. The van der Waals surface area contributed by atoms with Gasteiger partial charge in [0.2, 0.25) is 5.91 Å². The molecule has 0 aliphatic rings. The number of hydrogen-bond donors (Lipinski definition) is 3. The molecule has 1 rings (SSSR count). The topological polar surface area (TPSA) is 78.4 Å². The highest BCUT2D eigenvalue weighted by Gasteiger charge is 2.13. The Kier molecular flexibility index (Phi) is 5.78. The van der Waals surface area contributed by atoms with Crippen LogP contribution in [0.2, 0.25) is 0 Å². The number of halogens is 1. The van der Waals surface area contributed by atoms with Crippen molar-refractivity contribution in [1.29, 1.82) is 0 Å². The summed E-state index contributed by atoms with van der Waals surface area (Å²) in [4.78, 5) is 22.3. The van der Waals surface area contributed by atoms with Crippen molar-refractivity contribution in [1.82, 2.24) is 5.32 Å². The molecule has 6 heteroatoms. The molecule has 1 aromatic carbocycles. The number of carboxylic acids is 1. The average molecular weight is 268 g/mol. The minimum absolute atomic E-state index is 0.0849. The summed E-state index contributed by atoms with van der Waals surface area (Å²) < 4.78 is 13.5. The number of aromatic carboxylic acids is 1. The molecule has 0 spiro atoms. The predicted octanol–water partition coefficient (Wildman–Crippen LogP) is 1.85. The number of carbonyl (C=O) groups is 2. The second kappa shape index (κ2) is 7.35. The first kappa shape index (κ1) is 14.9.